The van der Waals surface area contributed by atoms with Gasteiger partial charge in [0.05, 0.1) is 6.42 Å². The van der Waals surface area contributed by atoms with Crippen LogP contribution in [0.3, 0.4) is 0 Å². The Balaban J connectivity index is 4.53. The lowest BCUT2D eigenvalue weighted by Crippen LogP contribution is -2.30. The highest BCUT2D eigenvalue weighted by Crippen LogP contribution is 2.12. The number of unbranched alkanes of at least 4 members (excludes halogenated alkanes) is 11. The first-order valence-corrected chi connectivity index (χ1v) is 22.9. The van der Waals surface area contributed by atoms with E-state index in [9.17, 15) is 14.4 Å². The molecule has 1 atom stereocenters. The molecule has 0 fully saturated rings. The van der Waals surface area contributed by atoms with Crippen molar-refractivity contribution in [2.75, 3.05) is 13.2 Å². The fourth-order valence-electron chi connectivity index (χ4n) is 5.65. The average Bonchev–Trinajstić information content (AvgIpc) is 3.22. The molecule has 0 aliphatic heterocycles. The van der Waals surface area contributed by atoms with Gasteiger partial charge in [-0.25, -0.2) is 0 Å². The maximum absolute atomic E-state index is 12.7. The summed E-state index contributed by atoms with van der Waals surface area (Å²) < 4.78 is 16.5. The van der Waals surface area contributed by atoms with Crippen LogP contribution < -0.4 is 0 Å². The second-order valence-electron chi connectivity index (χ2n) is 14.6. The lowest BCUT2D eigenvalue weighted by atomic mass is 10.1. The van der Waals surface area contributed by atoms with Crippen LogP contribution in [-0.2, 0) is 28.6 Å². The monoisotopic (exact) mass is 803 g/mol. The number of hydrogen-bond donors (Lipinski definition) is 0. The van der Waals surface area contributed by atoms with Gasteiger partial charge in [-0.05, 0) is 96.3 Å². The minimum atomic E-state index is -0.839. The van der Waals surface area contributed by atoms with E-state index in [2.05, 4.69) is 118 Å². The van der Waals surface area contributed by atoms with E-state index in [1.54, 1.807) is 6.08 Å². The van der Waals surface area contributed by atoms with E-state index < -0.39 is 12.1 Å². The molecule has 0 aliphatic carbocycles. The zero-order valence-corrected chi connectivity index (χ0v) is 37.0. The van der Waals surface area contributed by atoms with E-state index in [0.29, 0.717) is 6.42 Å². The normalized spacial score (nSPS) is 13.1. The fourth-order valence-corrected chi connectivity index (χ4v) is 5.65. The van der Waals surface area contributed by atoms with Crippen molar-refractivity contribution in [3.05, 3.63) is 109 Å². The maximum Gasteiger partial charge on any atom is 0.309 e. The molecular formula is C52H82O6. The van der Waals surface area contributed by atoms with Gasteiger partial charge in [0.1, 0.15) is 13.2 Å². The Morgan fingerprint density at radius 3 is 1.26 bits per heavy atom. The van der Waals surface area contributed by atoms with Crippen molar-refractivity contribution in [3.8, 4) is 0 Å². The zero-order chi connectivity index (χ0) is 42.3. The minimum Gasteiger partial charge on any atom is -0.462 e. The van der Waals surface area contributed by atoms with Crippen LogP contribution in [0.4, 0.5) is 0 Å². The summed E-state index contributed by atoms with van der Waals surface area (Å²) in [5, 5.41) is 0. The van der Waals surface area contributed by atoms with Crippen molar-refractivity contribution in [1.82, 2.24) is 0 Å². The molecule has 0 saturated carbocycles. The van der Waals surface area contributed by atoms with Crippen LogP contribution >= 0.6 is 0 Å². The molecule has 0 aromatic heterocycles. The summed E-state index contributed by atoms with van der Waals surface area (Å²) in [5.41, 5.74) is 0. The Morgan fingerprint density at radius 1 is 0.379 bits per heavy atom. The molecule has 0 rings (SSSR count). The van der Waals surface area contributed by atoms with Crippen LogP contribution in [0.5, 0.6) is 0 Å². The summed E-state index contributed by atoms with van der Waals surface area (Å²) in [7, 11) is 0. The second-order valence-corrected chi connectivity index (χ2v) is 14.6. The van der Waals surface area contributed by atoms with Crippen LogP contribution in [0.25, 0.3) is 0 Å². The van der Waals surface area contributed by atoms with E-state index in [0.717, 1.165) is 89.9 Å². The SMILES string of the molecule is CC/C=C\C/C=C\C/C=C\CC(=O)OCC(COC(=O)CCC/C=C\C/C=C\C/C=C\C/C=C\CCCCC)OC(=O)CCCCCCCCC/C=C\C/C=C\CC. The summed E-state index contributed by atoms with van der Waals surface area (Å²) in [5.74, 6) is -1.14. The Kier molecular flexibility index (Phi) is 42.7. The molecule has 6 nitrogen and oxygen atoms in total. The number of allylic oxidation sites excluding steroid dienone is 17. The van der Waals surface area contributed by atoms with Crippen LogP contribution in [0.15, 0.2) is 109 Å². The van der Waals surface area contributed by atoms with E-state index >= 15 is 0 Å². The summed E-state index contributed by atoms with van der Waals surface area (Å²) in [6.45, 7) is 6.20. The van der Waals surface area contributed by atoms with E-state index in [4.69, 9.17) is 14.2 Å². The Labute approximate surface area is 355 Å². The minimum absolute atomic E-state index is 0.120. The number of ether oxygens (including phenoxy) is 3. The second kappa shape index (κ2) is 45.8. The van der Waals surface area contributed by atoms with Gasteiger partial charge in [0, 0.05) is 12.8 Å². The smallest absolute Gasteiger partial charge is 0.309 e. The zero-order valence-electron chi connectivity index (χ0n) is 37.0. The quantitative estimate of drug-likeness (QED) is 0.0267. The molecule has 0 spiro atoms. The van der Waals surface area contributed by atoms with Gasteiger partial charge in [-0.2, -0.15) is 0 Å². The molecule has 0 amide bonds. The van der Waals surface area contributed by atoms with Gasteiger partial charge in [-0.15, -0.1) is 0 Å². The fraction of sp³-hybridized carbons (Fsp3) is 0.596. The topological polar surface area (TPSA) is 78.9 Å². The third-order valence-electron chi connectivity index (χ3n) is 9.03. The highest BCUT2D eigenvalue weighted by Gasteiger charge is 2.19. The first-order valence-electron chi connectivity index (χ1n) is 22.9. The summed E-state index contributed by atoms with van der Waals surface area (Å²) in [6, 6.07) is 0. The summed E-state index contributed by atoms with van der Waals surface area (Å²) in [6.07, 6.45) is 61.1. The van der Waals surface area contributed by atoms with E-state index in [1.807, 2.05) is 6.08 Å². The van der Waals surface area contributed by atoms with Crippen molar-refractivity contribution in [2.45, 2.75) is 187 Å². The maximum atomic E-state index is 12.7. The van der Waals surface area contributed by atoms with Crippen molar-refractivity contribution in [1.29, 1.82) is 0 Å². The highest BCUT2D eigenvalue weighted by atomic mass is 16.6. The van der Waals surface area contributed by atoms with Crippen molar-refractivity contribution >= 4 is 17.9 Å². The average molecular weight is 803 g/mol. The Bertz CT molecular complexity index is 1240. The summed E-state index contributed by atoms with van der Waals surface area (Å²) >= 11 is 0. The van der Waals surface area contributed by atoms with Gasteiger partial charge >= 0.3 is 17.9 Å². The van der Waals surface area contributed by atoms with Crippen LogP contribution in [0.1, 0.15) is 181 Å². The standard InChI is InChI=1S/C52H82O6/c1-4-7-10-13-16-19-21-23-25-26-27-29-30-33-36-39-42-45-51(54)57-48-49(47-56-50(53)44-41-38-35-32-18-15-12-9-6-3)58-52(55)46-43-40-37-34-31-28-24-22-20-17-14-11-8-5-2/h8-9,11-12,16-20,23,25,27,29,32-33,36,38,41,49H,4-7,10,13-15,21-22,24,26,28,30-31,34-35,37,39-40,42-48H2,1-3H3/b11-8-,12-9-,19-16-,20-17-,25-23-,29-27-,32-18-,36-33-,41-38-. The molecular weight excluding hydrogens is 721 g/mol. The predicted molar refractivity (Wildman–Crippen MR) is 247 cm³/mol. The van der Waals surface area contributed by atoms with E-state index in [-0.39, 0.29) is 44.4 Å². The van der Waals surface area contributed by atoms with Gasteiger partial charge in [-0.1, -0.05) is 175 Å². The van der Waals surface area contributed by atoms with Crippen molar-refractivity contribution in [2.24, 2.45) is 0 Å². The lowest BCUT2D eigenvalue weighted by Gasteiger charge is -2.18. The number of carbonyl (C=O) groups is 3. The molecule has 0 radical (unpaired) electrons. The first kappa shape index (κ1) is 54.1. The number of hydrogen-bond acceptors (Lipinski definition) is 6. The van der Waals surface area contributed by atoms with Crippen molar-refractivity contribution < 1.29 is 28.6 Å². The molecule has 1 unspecified atom stereocenters. The number of rotatable bonds is 39. The number of esters is 3. The molecule has 0 bridgehead atoms. The van der Waals surface area contributed by atoms with E-state index in [1.165, 1.54) is 44.9 Å². The highest BCUT2D eigenvalue weighted by molar-refractivity contribution is 5.72. The first-order chi connectivity index (χ1) is 28.5. The van der Waals surface area contributed by atoms with Gasteiger partial charge in [0.15, 0.2) is 6.10 Å². The third kappa shape index (κ3) is 43.2. The van der Waals surface area contributed by atoms with Crippen LogP contribution in [-0.4, -0.2) is 37.2 Å². The molecule has 326 valence electrons. The molecule has 6 heteroatoms. The number of carbonyl (C=O) groups excluding carboxylic acids is 3. The van der Waals surface area contributed by atoms with Gasteiger partial charge in [-0.3, -0.25) is 14.4 Å². The predicted octanol–water partition coefficient (Wildman–Crippen LogP) is 14.8. The Hall–Kier alpha value is -3.93. The molecule has 0 aromatic rings. The van der Waals surface area contributed by atoms with Gasteiger partial charge in [0.2, 0.25) is 0 Å². The third-order valence-corrected chi connectivity index (χ3v) is 9.03. The van der Waals surface area contributed by atoms with Crippen molar-refractivity contribution in [3.63, 3.8) is 0 Å². The molecule has 0 saturated heterocycles. The molecule has 0 heterocycles. The van der Waals surface area contributed by atoms with Crippen LogP contribution in [0.2, 0.25) is 0 Å². The molecule has 0 N–H and O–H groups in total. The van der Waals surface area contributed by atoms with Gasteiger partial charge < -0.3 is 14.2 Å². The van der Waals surface area contributed by atoms with Crippen LogP contribution in [0, 0.1) is 0 Å². The molecule has 58 heavy (non-hydrogen) atoms. The van der Waals surface area contributed by atoms with Gasteiger partial charge in [0.25, 0.3) is 0 Å². The molecule has 0 aromatic carbocycles. The Morgan fingerprint density at radius 2 is 0.759 bits per heavy atom. The largest absolute Gasteiger partial charge is 0.462 e. The lowest BCUT2D eigenvalue weighted by molar-refractivity contribution is -0.166. The molecule has 0 aliphatic rings. The summed E-state index contributed by atoms with van der Waals surface area (Å²) in [4.78, 5) is 37.6.